The van der Waals surface area contributed by atoms with Crippen LogP contribution in [0.5, 0.6) is 0 Å². The molecule has 0 aliphatic rings. The van der Waals surface area contributed by atoms with Crippen molar-refractivity contribution in [2.75, 3.05) is 6.54 Å². The molecule has 0 fully saturated rings. The van der Waals surface area contributed by atoms with E-state index in [9.17, 15) is 9.90 Å². The Bertz CT molecular complexity index is 554. The minimum absolute atomic E-state index is 0.0282. The van der Waals surface area contributed by atoms with Gasteiger partial charge >= 0.3 is 0 Å². The van der Waals surface area contributed by atoms with Gasteiger partial charge in [0.15, 0.2) is 0 Å². The van der Waals surface area contributed by atoms with Crippen LogP contribution in [0.1, 0.15) is 29.4 Å². The van der Waals surface area contributed by atoms with Crippen LogP contribution in [0.4, 0.5) is 0 Å². The molecule has 1 unspecified atom stereocenters. The summed E-state index contributed by atoms with van der Waals surface area (Å²) in [5, 5.41) is 15.4. The highest BCUT2D eigenvalue weighted by Gasteiger charge is 2.09. The largest absolute Gasteiger partial charge is 0.387 e. The number of carbonyl (C=O) groups is 1. The first-order valence-electron chi connectivity index (χ1n) is 6.88. The van der Waals surface area contributed by atoms with Gasteiger partial charge in [0.25, 0.3) is 0 Å². The van der Waals surface area contributed by atoms with Gasteiger partial charge in [-0.2, -0.15) is 0 Å². The number of nitrogens with one attached hydrogen (secondary N) is 1. The van der Waals surface area contributed by atoms with Crippen LogP contribution in [-0.2, 0) is 11.2 Å². The number of halogens is 1. The minimum Gasteiger partial charge on any atom is -0.387 e. The highest BCUT2D eigenvalue weighted by Crippen LogP contribution is 2.16. The van der Waals surface area contributed by atoms with Gasteiger partial charge in [0.1, 0.15) is 0 Å². The second-order valence-electron chi connectivity index (χ2n) is 4.80. The van der Waals surface area contributed by atoms with E-state index < -0.39 is 6.10 Å². The van der Waals surface area contributed by atoms with E-state index in [2.05, 4.69) is 11.4 Å². The lowest BCUT2D eigenvalue weighted by Crippen LogP contribution is -2.28. The van der Waals surface area contributed by atoms with Crippen molar-refractivity contribution in [3.8, 4) is 0 Å². The molecular weight excluding hydrogens is 306 g/mol. The fourth-order valence-corrected chi connectivity index (χ4v) is 2.86. The molecule has 5 heteroatoms. The first-order chi connectivity index (χ1) is 10.1. The second-order valence-corrected chi connectivity index (χ2v) is 6.27. The average molecular weight is 324 g/mol. The van der Waals surface area contributed by atoms with E-state index in [0.29, 0.717) is 11.4 Å². The van der Waals surface area contributed by atoms with E-state index in [1.54, 1.807) is 35.6 Å². The Hall–Kier alpha value is -1.36. The van der Waals surface area contributed by atoms with Crippen molar-refractivity contribution in [1.29, 1.82) is 0 Å². The Labute approximate surface area is 133 Å². The van der Waals surface area contributed by atoms with Gasteiger partial charge in [-0.1, -0.05) is 29.8 Å². The predicted molar refractivity (Wildman–Crippen MR) is 86.7 cm³/mol. The third kappa shape index (κ3) is 5.50. The molecule has 0 aliphatic heterocycles. The van der Waals surface area contributed by atoms with E-state index in [4.69, 9.17) is 11.6 Å². The number of aliphatic hydroxyl groups excluding tert-OH is 1. The molecular formula is C16H18ClNO2S. The number of rotatable bonds is 7. The van der Waals surface area contributed by atoms with Crippen molar-refractivity contribution < 1.29 is 9.90 Å². The molecule has 112 valence electrons. The third-order valence-electron chi connectivity index (χ3n) is 3.15. The fraction of sp³-hybridized carbons (Fsp3) is 0.312. The molecule has 1 aromatic carbocycles. The zero-order valence-electron chi connectivity index (χ0n) is 11.6. The smallest absolute Gasteiger partial charge is 0.220 e. The Kier molecular flexibility index (Phi) is 6.23. The van der Waals surface area contributed by atoms with Crippen molar-refractivity contribution in [3.05, 3.63) is 57.2 Å². The summed E-state index contributed by atoms with van der Waals surface area (Å²) in [6, 6.07) is 11.1. The zero-order chi connectivity index (χ0) is 15.1. The molecule has 1 aromatic heterocycles. The molecule has 3 nitrogen and oxygen atoms in total. The molecule has 0 radical (unpaired) electrons. The van der Waals surface area contributed by atoms with Crippen molar-refractivity contribution in [3.63, 3.8) is 0 Å². The van der Waals surface area contributed by atoms with Crippen molar-refractivity contribution in [2.45, 2.75) is 25.4 Å². The maximum atomic E-state index is 11.7. The van der Waals surface area contributed by atoms with Crippen molar-refractivity contribution >= 4 is 28.8 Å². The van der Waals surface area contributed by atoms with Crippen LogP contribution in [0.2, 0.25) is 5.02 Å². The highest BCUT2D eigenvalue weighted by atomic mass is 35.5. The quantitative estimate of drug-likeness (QED) is 0.818. The maximum Gasteiger partial charge on any atom is 0.220 e. The number of benzene rings is 1. The molecule has 0 bridgehead atoms. The number of aliphatic hydroxyl groups is 1. The van der Waals surface area contributed by atoms with E-state index in [1.165, 1.54) is 4.88 Å². The molecule has 21 heavy (non-hydrogen) atoms. The van der Waals surface area contributed by atoms with Gasteiger partial charge in [0, 0.05) is 22.9 Å². The Balaban J connectivity index is 1.67. The Morgan fingerprint density at radius 3 is 2.71 bits per heavy atom. The minimum atomic E-state index is -0.705. The molecule has 0 spiro atoms. The summed E-state index contributed by atoms with van der Waals surface area (Å²) in [6.07, 6.45) is 1.52. The van der Waals surface area contributed by atoms with Crippen LogP contribution in [0.25, 0.3) is 0 Å². The molecule has 2 aromatic rings. The summed E-state index contributed by atoms with van der Waals surface area (Å²) in [7, 11) is 0. The third-order valence-corrected chi connectivity index (χ3v) is 4.34. The van der Waals surface area contributed by atoms with E-state index in [0.717, 1.165) is 18.4 Å². The summed E-state index contributed by atoms with van der Waals surface area (Å²) < 4.78 is 0. The summed E-state index contributed by atoms with van der Waals surface area (Å²) in [5.41, 5.74) is 0.748. The molecule has 2 N–H and O–H groups in total. The number of hydrogen-bond donors (Lipinski definition) is 2. The lowest BCUT2D eigenvalue weighted by molar-refractivity contribution is -0.121. The predicted octanol–water partition coefficient (Wildman–Crippen LogP) is 3.57. The highest BCUT2D eigenvalue weighted by molar-refractivity contribution is 7.09. The normalized spacial score (nSPS) is 12.1. The monoisotopic (exact) mass is 323 g/mol. The summed E-state index contributed by atoms with van der Waals surface area (Å²) in [5.74, 6) is -0.0282. The van der Waals surface area contributed by atoms with Gasteiger partial charge in [0.05, 0.1) is 6.10 Å². The average Bonchev–Trinajstić information content (AvgIpc) is 2.99. The van der Waals surface area contributed by atoms with Crippen LogP contribution in [0, 0.1) is 0 Å². The van der Waals surface area contributed by atoms with Crippen molar-refractivity contribution in [1.82, 2.24) is 5.32 Å². The molecule has 0 saturated carbocycles. The van der Waals surface area contributed by atoms with Crippen molar-refractivity contribution in [2.24, 2.45) is 0 Å². The molecule has 0 saturated heterocycles. The van der Waals surface area contributed by atoms with Gasteiger partial charge < -0.3 is 10.4 Å². The van der Waals surface area contributed by atoms with E-state index in [-0.39, 0.29) is 12.5 Å². The standard InChI is InChI=1S/C16H18ClNO2S/c17-13-8-6-12(7-9-13)15(19)11-18-16(20)5-1-3-14-4-2-10-21-14/h2,4,6-10,15,19H,1,3,5,11H2,(H,18,20). The van der Waals surface area contributed by atoms with Crippen LogP contribution >= 0.6 is 22.9 Å². The lowest BCUT2D eigenvalue weighted by Gasteiger charge is -2.12. The fourth-order valence-electron chi connectivity index (χ4n) is 1.98. The lowest BCUT2D eigenvalue weighted by atomic mass is 10.1. The zero-order valence-corrected chi connectivity index (χ0v) is 13.2. The molecule has 1 heterocycles. The molecule has 1 atom stereocenters. The number of carbonyl (C=O) groups excluding carboxylic acids is 1. The van der Waals surface area contributed by atoms with E-state index in [1.807, 2.05) is 11.4 Å². The molecule has 1 amide bonds. The first-order valence-corrected chi connectivity index (χ1v) is 8.13. The van der Waals surface area contributed by atoms with Gasteiger partial charge in [0.2, 0.25) is 5.91 Å². The summed E-state index contributed by atoms with van der Waals surface area (Å²) in [4.78, 5) is 13.0. The Morgan fingerprint density at radius 2 is 2.05 bits per heavy atom. The number of thiophene rings is 1. The van der Waals surface area contributed by atoms with Gasteiger partial charge in [-0.05, 0) is 42.0 Å². The topological polar surface area (TPSA) is 49.3 Å². The maximum absolute atomic E-state index is 11.7. The number of hydrogen-bond acceptors (Lipinski definition) is 3. The van der Waals surface area contributed by atoms with Crippen LogP contribution in [0.15, 0.2) is 41.8 Å². The number of amides is 1. The van der Waals surface area contributed by atoms with Gasteiger partial charge in [-0.15, -0.1) is 11.3 Å². The molecule has 2 rings (SSSR count). The van der Waals surface area contributed by atoms with Crippen LogP contribution in [0.3, 0.4) is 0 Å². The first kappa shape index (κ1) is 16.0. The number of aryl methyl sites for hydroxylation is 1. The molecule has 0 aliphatic carbocycles. The van der Waals surface area contributed by atoms with E-state index >= 15 is 0 Å². The van der Waals surface area contributed by atoms with Gasteiger partial charge in [-0.3, -0.25) is 4.79 Å². The Morgan fingerprint density at radius 1 is 1.29 bits per heavy atom. The van der Waals surface area contributed by atoms with Crippen LogP contribution in [-0.4, -0.2) is 17.6 Å². The summed E-state index contributed by atoms with van der Waals surface area (Å²) >= 11 is 7.50. The SMILES string of the molecule is O=C(CCCc1cccs1)NCC(O)c1ccc(Cl)cc1. The van der Waals surface area contributed by atoms with Crippen LogP contribution < -0.4 is 5.32 Å². The second kappa shape index (κ2) is 8.17. The van der Waals surface area contributed by atoms with Gasteiger partial charge in [-0.25, -0.2) is 0 Å². The summed E-state index contributed by atoms with van der Waals surface area (Å²) in [6.45, 7) is 0.222.